The molecule has 0 spiro atoms. The number of allylic oxidation sites excluding steroid dienone is 12. The molecule has 0 N–H and O–H groups in total. The van der Waals surface area contributed by atoms with Crippen molar-refractivity contribution in [2.45, 2.75) is 309 Å². The van der Waals surface area contributed by atoms with Crippen molar-refractivity contribution >= 4 is 17.9 Å². The van der Waals surface area contributed by atoms with Gasteiger partial charge in [0.2, 0.25) is 0 Å². The van der Waals surface area contributed by atoms with Crippen LogP contribution >= 0.6 is 0 Å². The predicted octanol–water partition coefficient (Wildman–Crippen LogP) is 20.5. The van der Waals surface area contributed by atoms with E-state index in [0.29, 0.717) is 19.3 Å². The summed E-state index contributed by atoms with van der Waals surface area (Å²) in [7, 11) is 0. The van der Waals surface area contributed by atoms with Gasteiger partial charge in [-0.15, -0.1) is 0 Å². The van der Waals surface area contributed by atoms with Gasteiger partial charge in [0.05, 0.1) is 0 Å². The maximum atomic E-state index is 12.8. The Balaban J connectivity index is 4.26. The van der Waals surface area contributed by atoms with Gasteiger partial charge in [0.15, 0.2) is 6.10 Å². The van der Waals surface area contributed by atoms with Gasteiger partial charge in [-0.1, -0.05) is 286 Å². The number of carbonyl (C=O) groups is 3. The normalized spacial score (nSPS) is 12.5. The van der Waals surface area contributed by atoms with Gasteiger partial charge in [-0.05, 0) is 70.6 Å². The molecule has 0 saturated carbocycles. The van der Waals surface area contributed by atoms with Crippen LogP contribution in [0.4, 0.5) is 0 Å². The maximum Gasteiger partial charge on any atom is 0.306 e. The molecule has 0 fully saturated rings. The molecule has 1 atom stereocenters. The Labute approximate surface area is 440 Å². The summed E-state index contributed by atoms with van der Waals surface area (Å²) >= 11 is 0. The molecule has 6 nitrogen and oxygen atoms in total. The number of carbonyl (C=O) groups excluding carboxylic acids is 3. The van der Waals surface area contributed by atoms with E-state index >= 15 is 0 Å². The second-order valence-electron chi connectivity index (χ2n) is 20.2. The molecule has 0 amide bonds. The molecule has 0 bridgehead atoms. The molecule has 0 saturated heterocycles. The van der Waals surface area contributed by atoms with Gasteiger partial charge in [0.25, 0.3) is 0 Å². The van der Waals surface area contributed by atoms with Crippen LogP contribution in [0.5, 0.6) is 0 Å². The van der Waals surface area contributed by atoms with Gasteiger partial charge in [-0.25, -0.2) is 0 Å². The summed E-state index contributed by atoms with van der Waals surface area (Å²) in [5, 5.41) is 0. The second-order valence-corrected chi connectivity index (χ2v) is 20.2. The molecule has 0 rings (SSSR count). The topological polar surface area (TPSA) is 78.9 Å². The average molecular weight is 992 g/mol. The van der Waals surface area contributed by atoms with E-state index < -0.39 is 6.10 Å². The predicted molar refractivity (Wildman–Crippen MR) is 307 cm³/mol. The monoisotopic (exact) mass is 991 g/mol. The minimum atomic E-state index is -0.810. The van der Waals surface area contributed by atoms with Crippen molar-refractivity contribution in [3.05, 3.63) is 72.9 Å². The number of esters is 3. The molecule has 0 aliphatic heterocycles. The first kappa shape index (κ1) is 67.8. The molecular formula is C65H114O6. The Morgan fingerprint density at radius 3 is 0.986 bits per heavy atom. The zero-order valence-corrected chi connectivity index (χ0v) is 47.0. The van der Waals surface area contributed by atoms with Crippen molar-refractivity contribution in [1.82, 2.24) is 0 Å². The maximum absolute atomic E-state index is 12.8. The number of unbranched alkanes of at least 4 members (excludes halogenated alkanes) is 32. The van der Waals surface area contributed by atoms with Crippen LogP contribution in [0, 0.1) is 0 Å². The van der Waals surface area contributed by atoms with E-state index in [0.717, 1.165) is 89.9 Å². The molecule has 1 unspecified atom stereocenters. The largest absolute Gasteiger partial charge is 0.462 e. The fraction of sp³-hybridized carbons (Fsp3) is 0.769. The first-order valence-electron chi connectivity index (χ1n) is 30.4. The summed E-state index contributed by atoms with van der Waals surface area (Å²) in [6.45, 7) is 6.44. The van der Waals surface area contributed by atoms with Crippen LogP contribution in [-0.4, -0.2) is 37.2 Å². The van der Waals surface area contributed by atoms with Crippen molar-refractivity contribution in [3.8, 4) is 0 Å². The van der Waals surface area contributed by atoms with Gasteiger partial charge in [0, 0.05) is 19.3 Å². The van der Waals surface area contributed by atoms with Gasteiger partial charge in [0.1, 0.15) is 13.2 Å². The highest BCUT2D eigenvalue weighted by Crippen LogP contribution is 2.17. The average Bonchev–Trinajstić information content (AvgIpc) is 3.37. The van der Waals surface area contributed by atoms with Crippen LogP contribution in [0.2, 0.25) is 0 Å². The van der Waals surface area contributed by atoms with Crippen molar-refractivity contribution in [2.24, 2.45) is 0 Å². The Bertz CT molecular complexity index is 1320. The third-order valence-corrected chi connectivity index (χ3v) is 13.2. The molecule has 0 aromatic carbocycles. The number of hydrogen-bond acceptors (Lipinski definition) is 6. The third-order valence-electron chi connectivity index (χ3n) is 13.2. The Morgan fingerprint density at radius 2 is 0.592 bits per heavy atom. The van der Waals surface area contributed by atoms with Gasteiger partial charge in [-0.2, -0.15) is 0 Å². The molecule has 0 radical (unpaired) electrons. The first-order valence-corrected chi connectivity index (χ1v) is 30.4. The quantitative estimate of drug-likeness (QED) is 0.0261. The number of ether oxygens (including phenoxy) is 3. The lowest BCUT2D eigenvalue weighted by Gasteiger charge is -2.18. The first-order chi connectivity index (χ1) is 35.0. The van der Waals surface area contributed by atoms with E-state index in [1.54, 1.807) is 0 Å². The third kappa shape index (κ3) is 57.6. The molecule has 0 aliphatic carbocycles. The van der Waals surface area contributed by atoms with Crippen molar-refractivity contribution in [1.29, 1.82) is 0 Å². The summed E-state index contributed by atoms with van der Waals surface area (Å²) in [6, 6.07) is 0. The summed E-state index contributed by atoms with van der Waals surface area (Å²) < 4.78 is 16.8. The molecule has 0 aromatic rings. The smallest absolute Gasteiger partial charge is 0.306 e. The standard InChI is InChI=1S/C65H114O6/c1-4-7-10-13-16-19-22-25-27-28-29-30-31-32-33-34-35-36-37-38-41-43-46-49-52-55-58-64(67)70-61-62(60-69-63(66)57-54-51-48-45-42-39-24-21-18-15-12-9-6-3)71-65(68)59-56-53-50-47-44-40-26-23-20-17-14-11-8-5-2/h9,12,14,17-18,21,23,26,39,42,48,51,62H,4-8,10-11,13,15-16,19-20,22,24-25,27-38,40-41,43-47,49-50,52-61H2,1-3H3/b12-9-,17-14-,21-18-,26-23-,42-39-,51-48-. The summed E-state index contributed by atoms with van der Waals surface area (Å²) in [4.78, 5) is 38.1. The van der Waals surface area contributed by atoms with Crippen LogP contribution in [0.3, 0.4) is 0 Å². The van der Waals surface area contributed by atoms with Crippen molar-refractivity contribution in [3.63, 3.8) is 0 Å². The molecule has 0 aliphatic rings. The van der Waals surface area contributed by atoms with Crippen LogP contribution in [0.25, 0.3) is 0 Å². The van der Waals surface area contributed by atoms with Crippen molar-refractivity contribution in [2.75, 3.05) is 13.2 Å². The Morgan fingerprint density at radius 1 is 0.296 bits per heavy atom. The van der Waals surface area contributed by atoms with E-state index in [9.17, 15) is 14.4 Å². The Hall–Kier alpha value is -3.15. The SMILES string of the molecule is CC/C=C\C/C=C\C/C=C\C/C=C\CCC(=O)OCC(COC(=O)CCCCCCCCCCCCCCCCCCCCCCCCCCCC)OC(=O)CCCCCCC/C=C\C/C=C\CCCC. The highest BCUT2D eigenvalue weighted by Gasteiger charge is 2.19. The van der Waals surface area contributed by atoms with E-state index in [-0.39, 0.29) is 37.5 Å². The van der Waals surface area contributed by atoms with E-state index in [4.69, 9.17) is 14.2 Å². The van der Waals surface area contributed by atoms with Gasteiger partial charge < -0.3 is 14.2 Å². The minimum absolute atomic E-state index is 0.101. The van der Waals surface area contributed by atoms with Crippen molar-refractivity contribution < 1.29 is 28.6 Å². The number of rotatable bonds is 55. The van der Waals surface area contributed by atoms with Crippen LogP contribution in [-0.2, 0) is 28.6 Å². The highest BCUT2D eigenvalue weighted by atomic mass is 16.6. The summed E-state index contributed by atoms with van der Waals surface area (Å²) in [5.74, 6) is -0.990. The van der Waals surface area contributed by atoms with Crippen LogP contribution in [0.15, 0.2) is 72.9 Å². The Kier molecular flexibility index (Phi) is 56.8. The fourth-order valence-corrected chi connectivity index (χ4v) is 8.65. The zero-order chi connectivity index (χ0) is 51.4. The van der Waals surface area contributed by atoms with E-state index in [1.807, 2.05) is 6.08 Å². The number of hydrogen-bond donors (Lipinski definition) is 0. The minimum Gasteiger partial charge on any atom is -0.462 e. The van der Waals surface area contributed by atoms with Gasteiger partial charge >= 0.3 is 17.9 Å². The summed E-state index contributed by atoms with van der Waals surface area (Å²) in [5.41, 5.74) is 0. The molecule has 0 heterocycles. The summed E-state index contributed by atoms with van der Waals surface area (Å²) in [6.07, 6.45) is 76.5. The van der Waals surface area contributed by atoms with Crippen LogP contribution < -0.4 is 0 Å². The second kappa shape index (κ2) is 59.4. The lowest BCUT2D eigenvalue weighted by molar-refractivity contribution is -0.166. The molecule has 71 heavy (non-hydrogen) atoms. The molecular weight excluding hydrogens is 877 g/mol. The molecule has 0 aromatic heterocycles. The zero-order valence-electron chi connectivity index (χ0n) is 47.0. The fourth-order valence-electron chi connectivity index (χ4n) is 8.65. The highest BCUT2D eigenvalue weighted by molar-refractivity contribution is 5.71. The van der Waals surface area contributed by atoms with Crippen LogP contribution in [0.1, 0.15) is 303 Å². The van der Waals surface area contributed by atoms with E-state index in [1.165, 1.54) is 167 Å². The molecule has 6 heteroatoms. The van der Waals surface area contributed by atoms with E-state index in [2.05, 4.69) is 87.6 Å². The lowest BCUT2D eigenvalue weighted by atomic mass is 10.0. The lowest BCUT2D eigenvalue weighted by Crippen LogP contribution is -2.30. The molecule has 410 valence electrons. The van der Waals surface area contributed by atoms with Gasteiger partial charge in [-0.3, -0.25) is 14.4 Å².